The van der Waals surface area contributed by atoms with Crippen LogP contribution >= 0.6 is 15.9 Å². The summed E-state index contributed by atoms with van der Waals surface area (Å²) in [7, 11) is 3.33. The molecule has 0 fully saturated rings. The molecule has 0 aromatic carbocycles. The van der Waals surface area contributed by atoms with Crippen molar-refractivity contribution < 1.29 is 9.47 Å². The Bertz CT molecular complexity index is 456. The first-order chi connectivity index (χ1) is 8.18. The van der Waals surface area contributed by atoms with Gasteiger partial charge >= 0.3 is 0 Å². The minimum atomic E-state index is -0.476. The Labute approximate surface area is 109 Å². The maximum absolute atomic E-state index is 5.43. The first kappa shape index (κ1) is 12.3. The van der Waals surface area contributed by atoms with E-state index in [1.165, 1.54) is 0 Å². The third-order valence-electron chi connectivity index (χ3n) is 2.73. The van der Waals surface area contributed by atoms with Crippen molar-refractivity contribution in [1.82, 2.24) is 4.98 Å². The van der Waals surface area contributed by atoms with E-state index >= 15 is 0 Å². The predicted octanol–water partition coefficient (Wildman–Crippen LogP) is 3.14. The zero-order valence-electron chi connectivity index (χ0n) is 9.81. The van der Waals surface area contributed by atoms with Crippen LogP contribution in [0.25, 0.3) is 5.57 Å². The molecule has 1 aromatic rings. The van der Waals surface area contributed by atoms with Crippen LogP contribution in [0, 0.1) is 0 Å². The molecule has 0 amide bonds. The van der Waals surface area contributed by atoms with Gasteiger partial charge in [-0.25, -0.2) is 0 Å². The molecule has 2 rings (SSSR count). The molecule has 1 aromatic heterocycles. The second-order valence-electron chi connectivity index (χ2n) is 3.76. The molecule has 0 saturated carbocycles. The minimum absolute atomic E-state index is 0.476. The van der Waals surface area contributed by atoms with Gasteiger partial charge in [-0.15, -0.1) is 0 Å². The van der Waals surface area contributed by atoms with Gasteiger partial charge in [0.2, 0.25) is 0 Å². The second-order valence-corrected chi connectivity index (χ2v) is 5.10. The van der Waals surface area contributed by atoms with Crippen molar-refractivity contribution in [3.05, 3.63) is 48.0 Å². The molecule has 1 atom stereocenters. The standard InChI is InChI=1S/C13H14BrNO2/c1-16-12-9-13(14,17-2)7-6-10(12)11-5-3-4-8-15-11/h3-8H,9H2,1-2H3. The maximum atomic E-state index is 5.43. The molecule has 1 unspecified atom stereocenters. The van der Waals surface area contributed by atoms with Gasteiger partial charge in [-0.3, -0.25) is 4.98 Å². The molecule has 1 heterocycles. The van der Waals surface area contributed by atoms with Gasteiger partial charge in [-0.05, 0) is 40.2 Å². The molecule has 3 nitrogen and oxygen atoms in total. The fourth-order valence-corrected chi connectivity index (χ4v) is 2.13. The van der Waals surface area contributed by atoms with E-state index in [0.717, 1.165) is 17.0 Å². The molecule has 0 aliphatic heterocycles. The van der Waals surface area contributed by atoms with Crippen LogP contribution in [0.4, 0.5) is 0 Å². The monoisotopic (exact) mass is 295 g/mol. The van der Waals surface area contributed by atoms with Crippen LogP contribution in [0.1, 0.15) is 12.1 Å². The van der Waals surface area contributed by atoms with Gasteiger partial charge in [0.15, 0.2) is 0 Å². The zero-order valence-corrected chi connectivity index (χ0v) is 11.4. The van der Waals surface area contributed by atoms with Gasteiger partial charge < -0.3 is 9.47 Å². The van der Waals surface area contributed by atoms with Gasteiger partial charge in [0.1, 0.15) is 10.3 Å². The summed E-state index contributed by atoms with van der Waals surface area (Å²) in [5.74, 6) is 0.866. The van der Waals surface area contributed by atoms with E-state index in [9.17, 15) is 0 Å². The number of rotatable bonds is 3. The summed E-state index contributed by atoms with van der Waals surface area (Å²) in [5, 5.41) is 0. The van der Waals surface area contributed by atoms with Crippen molar-refractivity contribution in [3.8, 4) is 0 Å². The number of aromatic nitrogens is 1. The van der Waals surface area contributed by atoms with Crippen molar-refractivity contribution in [2.24, 2.45) is 0 Å². The van der Waals surface area contributed by atoms with Crippen LogP contribution in [0.5, 0.6) is 0 Å². The van der Waals surface area contributed by atoms with Crippen molar-refractivity contribution >= 4 is 21.5 Å². The molecular formula is C13H14BrNO2. The largest absolute Gasteiger partial charge is 0.500 e. The molecule has 17 heavy (non-hydrogen) atoms. The number of hydrogen-bond acceptors (Lipinski definition) is 3. The van der Waals surface area contributed by atoms with E-state index in [1.807, 2.05) is 30.4 Å². The normalized spacial score (nSPS) is 23.9. The Morgan fingerprint density at radius 2 is 2.18 bits per heavy atom. The first-order valence-corrected chi connectivity index (χ1v) is 6.09. The minimum Gasteiger partial charge on any atom is -0.500 e. The lowest BCUT2D eigenvalue weighted by Crippen LogP contribution is -2.24. The molecular weight excluding hydrogens is 282 g/mol. The molecule has 4 heteroatoms. The molecule has 1 aliphatic rings. The van der Waals surface area contributed by atoms with Gasteiger partial charge in [0, 0.05) is 25.3 Å². The second kappa shape index (κ2) is 5.02. The Hall–Kier alpha value is -1.13. The summed E-state index contributed by atoms with van der Waals surface area (Å²) in [6.45, 7) is 0. The highest BCUT2D eigenvalue weighted by molar-refractivity contribution is 9.10. The first-order valence-electron chi connectivity index (χ1n) is 5.30. The molecule has 0 spiro atoms. The van der Waals surface area contributed by atoms with Gasteiger partial charge in [0.05, 0.1) is 12.8 Å². The third-order valence-corrected chi connectivity index (χ3v) is 3.60. The van der Waals surface area contributed by atoms with Gasteiger partial charge in [-0.2, -0.15) is 0 Å². The van der Waals surface area contributed by atoms with Gasteiger partial charge in [0.25, 0.3) is 0 Å². The summed E-state index contributed by atoms with van der Waals surface area (Å²) < 4.78 is 10.3. The maximum Gasteiger partial charge on any atom is 0.148 e. The Morgan fingerprint density at radius 1 is 1.35 bits per heavy atom. The number of alkyl halides is 1. The third kappa shape index (κ3) is 2.58. The number of pyridine rings is 1. The van der Waals surface area contributed by atoms with Crippen molar-refractivity contribution in [2.45, 2.75) is 10.9 Å². The molecule has 0 saturated heterocycles. The van der Waals surface area contributed by atoms with Crippen LogP contribution in [0.2, 0.25) is 0 Å². The van der Waals surface area contributed by atoms with E-state index in [0.29, 0.717) is 6.42 Å². The highest BCUT2D eigenvalue weighted by atomic mass is 79.9. The van der Waals surface area contributed by atoms with E-state index in [1.54, 1.807) is 20.4 Å². The van der Waals surface area contributed by atoms with Crippen molar-refractivity contribution in [1.29, 1.82) is 0 Å². The van der Waals surface area contributed by atoms with Crippen LogP contribution in [-0.2, 0) is 9.47 Å². The number of nitrogens with zero attached hydrogens (tertiary/aromatic N) is 1. The van der Waals surface area contributed by atoms with Crippen molar-refractivity contribution in [3.63, 3.8) is 0 Å². The molecule has 0 N–H and O–H groups in total. The average molecular weight is 296 g/mol. The van der Waals surface area contributed by atoms with E-state index in [4.69, 9.17) is 9.47 Å². The number of methoxy groups -OCH3 is 2. The summed E-state index contributed by atoms with van der Waals surface area (Å²) in [4.78, 5) is 4.33. The van der Waals surface area contributed by atoms with E-state index < -0.39 is 4.51 Å². The lowest BCUT2D eigenvalue weighted by molar-refractivity contribution is 0.100. The summed E-state index contributed by atoms with van der Waals surface area (Å²) in [6.07, 6.45) is 6.36. The summed E-state index contributed by atoms with van der Waals surface area (Å²) in [6, 6.07) is 5.82. The average Bonchev–Trinajstić information content (AvgIpc) is 2.39. The van der Waals surface area contributed by atoms with Crippen LogP contribution in [0.15, 0.2) is 42.3 Å². The fraction of sp³-hybridized carbons (Fsp3) is 0.308. The smallest absolute Gasteiger partial charge is 0.148 e. The Kier molecular flexibility index (Phi) is 3.64. The Balaban J connectivity index is 2.38. The topological polar surface area (TPSA) is 31.4 Å². The highest BCUT2D eigenvalue weighted by Crippen LogP contribution is 2.37. The Morgan fingerprint density at radius 3 is 2.76 bits per heavy atom. The summed E-state index contributed by atoms with van der Waals surface area (Å²) >= 11 is 3.53. The van der Waals surface area contributed by atoms with Crippen LogP contribution in [-0.4, -0.2) is 23.7 Å². The van der Waals surface area contributed by atoms with Crippen molar-refractivity contribution in [2.75, 3.05) is 14.2 Å². The number of halogens is 1. The van der Waals surface area contributed by atoms with Gasteiger partial charge in [-0.1, -0.05) is 6.07 Å². The quantitative estimate of drug-likeness (QED) is 0.803. The lowest BCUT2D eigenvalue weighted by atomic mass is 9.99. The predicted molar refractivity (Wildman–Crippen MR) is 70.6 cm³/mol. The van der Waals surface area contributed by atoms with Crippen LogP contribution in [0.3, 0.4) is 0 Å². The SMILES string of the molecule is COC1=C(c2ccccn2)C=CC(Br)(OC)C1. The van der Waals surface area contributed by atoms with E-state index in [-0.39, 0.29) is 0 Å². The highest BCUT2D eigenvalue weighted by Gasteiger charge is 2.30. The molecule has 90 valence electrons. The number of allylic oxidation sites excluding steroid dienone is 2. The zero-order chi connectivity index (χ0) is 12.3. The number of hydrogen-bond donors (Lipinski definition) is 0. The molecule has 0 bridgehead atoms. The molecule has 0 radical (unpaired) electrons. The fourth-order valence-electron chi connectivity index (χ4n) is 1.75. The van der Waals surface area contributed by atoms with E-state index in [2.05, 4.69) is 20.9 Å². The summed E-state index contributed by atoms with van der Waals surface area (Å²) in [5.41, 5.74) is 1.91. The number of ether oxygens (including phenoxy) is 2. The molecule has 1 aliphatic carbocycles. The van der Waals surface area contributed by atoms with Crippen LogP contribution < -0.4 is 0 Å². The lowest BCUT2D eigenvalue weighted by Gasteiger charge is -2.27.